The molecule has 1 aromatic heterocycles. The van der Waals surface area contributed by atoms with Crippen LogP contribution in [0.1, 0.15) is 19.0 Å². The molecule has 1 unspecified atom stereocenters. The summed E-state index contributed by atoms with van der Waals surface area (Å²) in [5, 5.41) is 2.76. The van der Waals surface area contributed by atoms with E-state index in [1.807, 2.05) is 4.90 Å². The van der Waals surface area contributed by atoms with Gasteiger partial charge in [0.2, 0.25) is 17.7 Å². The molecule has 3 fully saturated rings. The lowest BCUT2D eigenvalue weighted by Gasteiger charge is -2.26. The highest BCUT2D eigenvalue weighted by atomic mass is 16.5. The molecule has 3 atom stereocenters. The SMILES string of the molecule is COc1cncc(CN2C[C@@H]3CN(C(=O)C4CCNC4=O)C[C@]3(C)C2)n1. The van der Waals surface area contributed by atoms with Gasteiger partial charge in [-0.05, 0) is 12.3 Å². The van der Waals surface area contributed by atoms with Crippen molar-refractivity contribution in [2.45, 2.75) is 19.9 Å². The number of carbonyl (C=O) groups is 2. The zero-order chi connectivity index (χ0) is 18.3. The minimum absolute atomic E-state index is 0.000775. The summed E-state index contributed by atoms with van der Waals surface area (Å²) in [6.45, 7) is 6.89. The molecule has 0 radical (unpaired) electrons. The molecule has 1 aromatic rings. The molecular weight excluding hydrogens is 334 g/mol. The number of nitrogens with one attached hydrogen (secondary N) is 1. The van der Waals surface area contributed by atoms with Gasteiger partial charge in [-0.25, -0.2) is 4.98 Å². The molecule has 0 spiro atoms. The summed E-state index contributed by atoms with van der Waals surface area (Å²) < 4.78 is 5.14. The van der Waals surface area contributed by atoms with Crippen LogP contribution in [0.4, 0.5) is 0 Å². The summed E-state index contributed by atoms with van der Waals surface area (Å²) in [5.74, 6) is 0.353. The van der Waals surface area contributed by atoms with Crippen molar-refractivity contribution < 1.29 is 14.3 Å². The first kappa shape index (κ1) is 17.2. The van der Waals surface area contributed by atoms with Crippen LogP contribution in [0.25, 0.3) is 0 Å². The van der Waals surface area contributed by atoms with Crippen molar-refractivity contribution in [2.75, 3.05) is 39.8 Å². The minimum atomic E-state index is -0.486. The van der Waals surface area contributed by atoms with Crippen LogP contribution in [0.3, 0.4) is 0 Å². The summed E-state index contributed by atoms with van der Waals surface area (Å²) in [6.07, 6.45) is 4.00. The Balaban J connectivity index is 1.38. The maximum absolute atomic E-state index is 12.7. The summed E-state index contributed by atoms with van der Waals surface area (Å²) in [5.41, 5.74) is 0.959. The molecule has 4 rings (SSSR count). The number of fused-ring (bicyclic) bond motifs is 1. The second kappa shape index (κ2) is 6.50. The molecule has 1 N–H and O–H groups in total. The number of rotatable bonds is 4. The van der Waals surface area contributed by atoms with Crippen LogP contribution >= 0.6 is 0 Å². The molecule has 2 amide bonds. The van der Waals surface area contributed by atoms with Gasteiger partial charge in [-0.2, -0.15) is 0 Å². The normalized spacial score (nSPS) is 31.2. The van der Waals surface area contributed by atoms with Crippen LogP contribution in [0.15, 0.2) is 12.4 Å². The number of aromatic nitrogens is 2. The van der Waals surface area contributed by atoms with Gasteiger partial charge >= 0.3 is 0 Å². The number of hydrogen-bond donors (Lipinski definition) is 1. The number of nitrogens with zero attached hydrogens (tertiary/aromatic N) is 4. The summed E-state index contributed by atoms with van der Waals surface area (Å²) in [4.78, 5) is 37.4. The molecule has 3 saturated heterocycles. The Morgan fingerprint density at radius 1 is 1.38 bits per heavy atom. The fraction of sp³-hybridized carbons (Fsp3) is 0.667. The van der Waals surface area contributed by atoms with Crippen LogP contribution in [0.2, 0.25) is 0 Å². The van der Waals surface area contributed by atoms with E-state index >= 15 is 0 Å². The average Bonchev–Trinajstić information content (AvgIpc) is 3.25. The van der Waals surface area contributed by atoms with Gasteiger partial charge in [0.05, 0.1) is 19.0 Å². The van der Waals surface area contributed by atoms with Crippen molar-refractivity contribution in [3.05, 3.63) is 18.1 Å². The minimum Gasteiger partial charge on any atom is -0.480 e. The first-order valence-corrected chi connectivity index (χ1v) is 9.12. The molecular formula is C18H25N5O3. The fourth-order valence-corrected chi connectivity index (χ4v) is 4.59. The summed E-state index contributed by atoms with van der Waals surface area (Å²) in [7, 11) is 1.59. The fourth-order valence-electron chi connectivity index (χ4n) is 4.59. The van der Waals surface area contributed by atoms with Crippen LogP contribution in [-0.4, -0.2) is 71.4 Å². The number of carbonyl (C=O) groups excluding carboxylic acids is 2. The zero-order valence-electron chi connectivity index (χ0n) is 15.3. The van der Waals surface area contributed by atoms with E-state index in [9.17, 15) is 9.59 Å². The Morgan fingerprint density at radius 3 is 2.92 bits per heavy atom. The van der Waals surface area contributed by atoms with Gasteiger partial charge in [-0.15, -0.1) is 0 Å². The van der Waals surface area contributed by atoms with Gasteiger partial charge in [-0.3, -0.25) is 19.5 Å². The molecule has 3 aliphatic rings. The lowest BCUT2D eigenvalue weighted by atomic mass is 9.83. The molecule has 0 saturated carbocycles. The molecule has 4 heterocycles. The van der Waals surface area contributed by atoms with Gasteiger partial charge in [0.1, 0.15) is 5.92 Å². The van der Waals surface area contributed by atoms with Gasteiger partial charge < -0.3 is 15.0 Å². The van der Waals surface area contributed by atoms with Gasteiger partial charge in [-0.1, -0.05) is 6.92 Å². The third kappa shape index (κ3) is 3.02. The Kier molecular flexibility index (Phi) is 4.30. The van der Waals surface area contributed by atoms with Crippen LogP contribution < -0.4 is 10.1 Å². The third-order valence-corrected chi connectivity index (χ3v) is 5.96. The highest BCUT2D eigenvalue weighted by Crippen LogP contribution is 2.43. The first-order chi connectivity index (χ1) is 12.5. The summed E-state index contributed by atoms with van der Waals surface area (Å²) >= 11 is 0. The topological polar surface area (TPSA) is 87.7 Å². The predicted molar refractivity (Wildman–Crippen MR) is 93.2 cm³/mol. The third-order valence-electron chi connectivity index (χ3n) is 5.96. The number of amides is 2. The van der Waals surface area contributed by atoms with E-state index in [4.69, 9.17) is 4.74 Å². The number of likely N-dealkylation sites (tertiary alicyclic amines) is 2. The monoisotopic (exact) mass is 359 g/mol. The number of ether oxygens (including phenoxy) is 1. The highest BCUT2D eigenvalue weighted by Gasteiger charge is 2.51. The van der Waals surface area contributed by atoms with E-state index in [1.165, 1.54) is 0 Å². The van der Waals surface area contributed by atoms with E-state index in [0.29, 0.717) is 24.8 Å². The maximum atomic E-state index is 12.7. The Bertz CT molecular complexity index is 727. The van der Waals surface area contributed by atoms with Crippen LogP contribution in [0.5, 0.6) is 5.88 Å². The van der Waals surface area contributed by atoms with Crippen molar-refractivity contribution in [3.63, 3.8) is 0 Å². The predicted octanol–water partition coefficient (Wildman–Crippen LogP) is -0.0984. The molecule has 0 aromatic carbocycles. The largest absolute Gasteiger partial charge is 0.480 e. The second-order valence-corrected chi connectivity index (χ2v) is 7.92. The Hall–Kier alpha value is -2.22. The summed E-state index contributed by atoms with van der Waals surface area (Å²) in [6, 6.07) is 0. The van der Waals surface area contributed by atoms with E-state index in [0.717, 1.165) is 38.4 Å². The van der Waals surface area contributed by atoms with Gasteiger partial charge in [0.25, 0.3) is 0 Å². The van der Waals surface area contributed by atoms with Crippen molar-refractivity contribution in [1.29, 1.82) is 0 Å². The lowest BCUT2D eigenvalue weighted by Crippen LogP contribution is -2.40. The quantitative estimate of drug-likeness (QED) is 0.756. The zero-order valence-corrected chi connectivity index (χ0v) is 15.3. The molecule has 3 aliphatic heterocycles. The van der Waals surface area contributed by atoms with Gasteiger partial charge in [0, 0.05) is 50.9 Å². The highest BCUT2D eigenvalue weighted by molar-refractivity contribution is 6.01. The standard InChI is InChI=1S/C18H25N5O3/c1-18-10-22(9-13-5-19-6-15(21-13)26-2)7-12(18)8-23(11-18)17(25)14-3-4-20-16(14)24/h5-6,12,14H,3-4,7-11H2,1-2H3,(H,20,24)/t12-,14?,18+/m1/s1. The molecule has 26 heavy (non-hydrogen) atoms. The van der Waals surface area contributed by atoms with Crippen molar-refractivity contribution in [3.8, 4) is 5.88 Å². The molecule has 0 aliphatic carbocycles. The van der Waals surface area contributed by atoms with Crippen molar-refractivity contribution in [1.82, 2.24) is 25.1 Å². The smallest absolute Gasteiger partial charge is 0.235 e. The average molecular weight is 359 g/mol. The van der Waals surface area contributed by atoms with Crippen molar-refractivity contribution >= 4 is 11.8 Å². The molecule has 8 nitrogen and oxygen atoms in total. The molecule has 140 valence electrons. The molecule has 8 heteroatoms. The van der Waals surface area contributed by atoms with E-state index < -0.39 is 5.92 Å². The lowest BCUT2D eigenvalue weighted by molar-refractivity contribution is -0.140. The number of methoxy groups -OCH3 is 1. The van der Waals surface area contributed by atoms with E-state index in [-0.39, 0.29) is 17.2 Å². The van der Waals surface area contributed by atoms with E-state index in [1.54, 1.807) is 19.5 Å². The Labute approximate surface area is 152 Å². The van der Waals surface area contributed by atoms with Crippen LogP contribution in [0, 0.1) is 17.3 Å². The first-order valence-electron chi connectivity index (χ1n) is 9.12. The maximum Gasteiger partial charge on any atom is 0.235 e. The van der Waals surface area contributed by atoms with Gasteiger partial charge in [0.15, 0.2) is 0 Å². The van der Waals surface area contributed by atoms with Crippen molar-refractivity contribution in [2.24, 2.45) is 17.3 Å². The Morgan fingerprint density at radius 2 is 2.23 bits per heavy atom. The number of hydrogen-bond acceptors (Lipinski definition) is 6. The van der Waals surface area contributed by atoms with E-state index in [2.05, 4.69) is 27.1 Å². The second-order valence-electron chi connectivity index (χ2n) is 7.92. The molecule has 0 bridgehead atoms. The van der Waals surface area contributed by atoms with Crippen LogP contribution in [-0.2, 0) is 16.1 Å².